The number of nitrogens with one attached hydrogen (secondary N) is 1. The molecule has 2 rings (SSSR count). The molecule has 4 nitrogen and oxygen atoms in total. The molecule has 1 aliphatic rings. The number of carbonyl (C=O) groups excluding carboxylic acids is 1. The number of carbonyl (C=O) groups is 1. The minimum absolute atomic E-state index is 0.0444. The Hall–Kier alpha value is -0.910. The lowest BCUT2D eigenvalue weighted by molar-refractivity contribution is -0.137. The number of amides is 1. The van der Waals surface area contributed by atoms with Crippen molar-refractivity contribution in [1.29, 1.82) is 0 Å². The van der Waals surface area contributed by atoms with Crippen LogP contribution < -0.4 is 5.32 Å². The second-order valence-electron chi connectivity index (χ2n) is 4.63. The Labute approximate surface area is 105 Å². The van der Waals surface area contributed by atoms with E-state index >= 15 is 0 Å². The van der Waals surface area contributed by atoms with Crippen molar-refractivity contribution >= 4 is 17.2 Å². The van der Waals surface area contributed by atoms with Crippen molar-refractivity contribution in [3.63, 3.8) is 0 Å². The van der Waals surface area contributed by atoms with Crippen molar-refractivity contribution in [2.24, 2.45) is 0 Å². The highest BCUT2D eigenvalue weighted by molar-refractivity contribution is 7.08. The van der Waals surface area contributed by atoms with Gasteiger partial charge in [0.15, 0.2) is 5.79 Å². The van der Waals surface area contributed by atoms with Crippen LogP contribution in [-0.2, 0) is 9.47 Å². The molecule has 2 heterocycles. The Morgan fingerprint density at radius 2 is 2.35 bits per heavy atom. The predicted molar refractivity (Wildman–Crippen MR) is 66.3 cm³/mol. The van der Waals surface area contributed by atoms with Gasteiger partial charge in [0, 0.05) is 11.9 Å². The minimum Gasteiger partial charge on any atom is -0.349 e. The summed E-state index contributed by atoms with van der Waals surface area (Å²) in [7, 11) is 0. The summed E-state index contributed by atoms with van der Waals surface area (Å²) in [6.45, 7) is 6.69. The number of thiophene rings is 1. The molecule has 1 atom stereocenters. The average molecular weight is 255 g/mol. The molecular formula is C12H17NO3S. The highest BCUT2D eigenvalue weighted by atomic mass is 32.1. The number of rotatable bonds is 3. The summed E-state index contributed by atoms with van der Waals surface area (Å²) in [6.07, 6.45) is -0.0621. The molecule has 17 heavy (non-hydrogen) atoms. The summed E-state index contributed by atoms with van der Waals surface area (Å²) in [5.74, 6) is -0.578. The first-order valence-electron chi connectivity index (χ1n) is 5.61. The molecule has 1 N–H and O–H groups in total. The monoisotopic (exact) mass is 255 g/mol. The Bertz CT molecular complexity index is 414. The van der Waals surface area contributed by atoms with Crippen molar-refractivity contribution in [1.82, 2.24) is 5.32 Å². The molecule has 0 aliphatic carbocycles. The lowest BCUT2D eigenvalue weighted by atomic mass is 10.2. The van der Waals surface area contributed by atoms with E-state index in [1.807, 2.05) is 31.5 Å². The second-order valence-corrected chi connectivity index (χ2v) is 5.37. The van der Waals surface area contributed by atoms with Gasteiger partial charge in [-0.15, -0.1) is 0 Å². The first kappa shape index (κ1) is 12.5. The van der Waals surface area contributed by atoms with Gasteiger partial charge in [0.2, 0.25) is 0 Å². The van der Waals surface area contributed by atoms with E-state index in [2.05, 4.69) is 5.32 Å². The van der Waals surface area contributed by atoms with Gasteiger partial charge in [0.1, 0.15) is 6.10 Å². The Morgan fingerprint density at radius 3 is 2.88 bits per heavy atom. The van der Waals surface area contributed by atoms with Crippen LogP contribution in [0, 0.1) is 6.92 Å². The molecule has 1 aromatic rings. The van der Waals surface area contributed by atoms with Gasteiger partial charge >= 0.3 is 0 Å². The van der Waals surface area contributed by atoms with Crippen molar-refractivity contribution in [2.45, 2.75) is 32.7 Å². The molecule has 94 valence electrons. The summed E-state index contributed by atoms with van der Waals surface area (Å²) in [4.78, 5) is 11.8. The van der Waals surface area contributed by atoms with E-state index in [4.69, 9.17) is 9.47 Å². The lowest BCUT2D eigenvalue weighted by Gasteiger charge is -2.17. The maximum atomic E-state index is 11.8. The fourth-order valence-corrected chi connectivity index (χ4v) is 2.59. The van der Waals surface area contributed by atoms with Crippen LogP contribution in [-0.4, -0.2) is 30.9 Å². The third-order valence-corrected chi connectivity index (χ3v) is 3.52. The molecule has 1 aromatic heterocycles. The van der Waals surface area contributed by atoms with Gasteiger partial charge in [-0.2, -0.15) is 11.3 Å². The molecule has 1 unspecified atom stereocenters. The van der Waals surface area contributed by atoms with E-state index in [9.17, 15) is 4.79 Å². The zero-order valence-electron chi connectivity index (χ0n) is 10.3. The van der Waals surface area contributed by atoms with Crippen LogP contribution in [0.15, 0.2) is 10.8 Å². The van der Waals surface area contributed by atoms with Gasteiger partial charge in [0.05, 0.1) is 12.2 Å². The predicted octanol–water partition coefficient (Wildman–Crippen LogP) is 1.94. The molecule has 5 heteroatoms. The van der Waals surface area contributed by atoms with Crippen molar-refractivity contribution in [3.8, 4) is 0 Å². The first-order chi connectivity index (χ1) is 7.98. The van der Waals surface area contributed by atoms with Crippen LogP contribution in [0.2, 0.25) is 0 Å². The first-order valence-corrected chi connectivity index (χ1v) is 6.55. The molecule has 1 saturated heterocycles. The number of aryl methyl sites for hydroxylation is 1. The molecule has 1 amide bonds. The third kappa shape index (κ3) is 3.06. The Balaban J connectivity index is 1.84. The van der Waals surface area contributed by atoms with Gasteiger partial charge in [-0.25, -0.2) is 0 Å². The van der Waals surface area contributed by atoms with Crippen LogP contribution in [0.3, 0.4) is 0 Å². The second kappa shape index (κ2) is 4.76. The van der Waals surface area contributed by atoms with Crippen LogP contribution in [0.25, 0.3) is 0 Å². The molecule has 0 radical (unpaired) electrons. The molecule has 1 aliphatic heterocycles. The topological polar surface area (TPSA) is 47.6 Å². The van der Waals surface area contributed by atoms with Crippen LogP contribution in [0.5, 0.6) is 0 Å². The Morgan fingerprint density at radius 1 is 1.59 bits per heavy atom. The average Bonchev–Trinajstić information content (AvgIpc) is 2.81. The van der Waals surface area contributed by atoms with E-state index in [-0.39, 0.29) is 12.0 Å². The van der Waals surface area contributed by atoms with E-state index in [0.717, 1.165) is 11.1 Å². The van der Waals surface area contributed by atoms with E-state index in [0.29, 0.717) is 13.2 Å². The van der Waals surface area contributed by atoms with Crippen LogP contribution in [0.4, 0.5) is 0 Å². The van der Waals surface area contributed by atoms with Crippen LogP contribution in [0.1, 0.15) is 29.8 Å². The molecular weight excluding hydrogens is 238 g/mol. The van der Waals surface area contributed by atoms with Crippen LogP contribution >= 0.6 is 11.3 Å². The molecule has 0 saturated carbocycles. The fraction of sp³-hybridized carbons (Fsp3) is 0.583. The van der Waals surface area contributed by atoms with E-state index < -0.39 is 5.79 Å². The SMILES string of the molecule is Cc1cscc1C(=O)NCC1COC(C)(C)O1. The normalized spacial score (nSPS) is 22.6. The standard InChI is InChI=1S/C12H17NO3S/c1-8-6-17-7-10(8)11(14)13-4-9-5-15-12(2,3)16-9/h6-7,9H,4-5H2,1-3H3,(H,13,14). The van der Waals surface area contributed by atoms with Gasteiger partial charge in [-0.05, 0) is 31.7 Å². The molecule has 0 bridgehead atoms. The minimum atomic E-state index is -0.534. The molecule has 0 spiro atoms. The quantitative estimate of drug-likeness (QED) is 0.898. The number of hydrogen-bond donors (Lipinski definition) is 1. The summed E-state index contributed by atoms with van der Waals surface area (Å²) in [6, 6.07) is 0. The van der Waals surface area contributed by atoms with Gasteiger partial charge in [0.25, 0.3) is 5.91 Å². The summed E-state index contributed by atoms with van der Waals surface area (Å²) in [5, 5.41) is 6.70. The maximum absolute atomic E-state index is 11.8. The van der Waals surface area contributed by atoms with Crippen molar-refractivity contribution < 1.29 is 14.3 Å². The summed E-state index contributed by atoms with van der Waals surface area (Å²) >= 11 is 1.54. The highest BCUT2D eigenvalue weighted by Gasteiger charge is 2.32. The summed E-state index contributed by atoms with van der Waals surface area (Å²) < 4.78 is 11.0. The maximum Gasteiger partial charge on any atom is 0.252 e. The van der Waals surface area contributed by atoms with Gasteiger partial charge in [-0.3, -0.25) is 4.79 Å². The van der Waals surface area contributed by atoms with E-state index in [1.165, 1.54) is 11.3 Å². The number of hydrogen-bond acceptors (Lipinski definition) is 4. The fourth-order valence-electron chi connectivity index (χ4n) is 1.76. The third-order valence-electron chi connectivity index (χ3n) is 2.66. The van der Waals surface area contributed by atoms with Crippen molar-refractivity contribution in [2.75, 3.05) is 13.2 Å². The van der Waals surface area contributed by atoms with Gasteiger partial charge in [-0.1, -0.05) is 0 Å². The zero-order valence-corrected chi connectivity index (χ0v) is 11.1. The van der Waals surface area contributed by atoms with E-state index in [1.54, 1.807) is 0 Å². The van der Waals surface area contributed by atoms with Gasteiger partial charge < -0.3 is 14.8 Å². The highest BCUT2D eigenvalue weighted by Crippen LogP contribution is 2.21. The number of ether oxygens (including phenoxy) is 2. The largest absolute Gasteiger partial charge is 0.349 e. The summed E-state index contributed by atoms with van der Waals surface area (Å²) in [5.41, 5.74) is 1.75. The zero-order chi connectivity index (χ0) is 12.5. The Kier molecular flexibility index (Phi) is 3.51. The lowest BCUT2D eigenvalue weighted by Crippen LogP contribution is -2.34. The molecule has 1 fully saturated rings. The smallest absolute Gasteiger partial charge is 0.252 e. The van der Waals surface area contributed by atoms with Crippen molar-refractivity contribution in [3.05, 3.63) is 21.9 Å². The molecule has 0 aromatic carbocycles.